The van der Waals surface area contributed by atoms with E-state index in [2.05, 4.69) is 0 Å². The summed E-state index contributed by atoms with van der Waals surface area (Å²) >= 11 is 0. The van der Waals surface area contributed by atoms with E-state index in [1.165, 1.54) is 4.90 Å². The Hall–Kier alpha value is -2.04. The average molecular weight is 305 g/mol. The highest BCUT2D eigenvalue weighted by atomic mass is 16.6. The van der Waals surface area contributed by atoms with E-state index in [9.17, 15) is 14.7 Å². The van der Waals surface area contributed by atoms with Crippen molar-refractivity contribution in [3.63, 3.8) is 0 Å². The molecule has 0 aromatic heterocycles. The molecule has 1 heterocycles. The van der Waals surface area contributed by atoms with Crippen LogP contribution >= 0.6 is 0 Å². The van der Waals surface area contributed by atoms with Gasteiger partial charge in [-0.1, -0.05) is 30.3 Å². The number of carbonyl (C=O) groups is 2. The van der Waals surface area contributed by atoms with Gasteiger partial charge >= 0.3 is 12.1 Å². The zero-order chi connectivity index (χ0) is 16.3. The maximum Gasteiger partial charge on any atom is 0.411 e. The van der Waals surface area contributed by atoms with Gasteiger partial charge in [0.25, 0.3) is 0 Å². The average Bonchev–Trinajstić information content (AvgIpc) is 2.45. The van der Waals surface area contributed by atoms with Gasteiger partial charge in [-0.3, -0.25) is 4.90 Å². The topological polar surface area (TPSA) is 66.8 Å². The zero-order valence-corrected chi connectivity index (χ0v) is 13.3. The Morgan fingerprint density at radius 3 is 2.36 bits per heavy atom. The highest BCUT2D eigenvalue weighted by Crippen LogP contribution is 2.31. The number of aliphatic carboxylic acids is 1. The number of amides is 1. The Kier molecular flexibility index (Phi) is 4.74. The van der Waals surface area contributed by atoms with Crippen molar-refractivity contribution < 1.29 is 19.4 Å². The van der Waals surface area contributed by atoms with Crippen LogP contribution in [0.3, 0.4) is 0 Å². The van der Waals surface area contributed by atoms with Gasteiger partial charge in [-0.25, -0.2) is 9.59 Å². The molecule has 5 nitrogen and oxygen atoms in total. The molecule has 2 atom stereocenters. The van der Waals surface area contributed by atoms with Gasteiger partial charge in [0.05, 0.1) is 0 Å². The number of carboxylic acid groups (broad SMARTS) is 1. The number of benzene rings is 1. The van der Waals surface area contributed by atoms with E-state index < -0.39 is 23.7 Å². The summed E-state index contributed by atoms with van der Waals surface area (Å²) in [6.45, 7) is 5.70. The molecule has 1 N–H and O–H groups in total. The zero-order valence-electron chi connectivity index (χ0n) is 13.3. The van der Waals surface area contributed by atoms with Crippen LogP contribution in [0.4, 0.5) is 4.79 Å². The first-order chi connectivity index (χ1) is 10.3. The molecule has 1 fully saturated rings. The molecule has 0 saturated carbocycles. The third kappa shape index (κ3) is 4.00. The monoisotopic (exact) mass is 305 g/mol. The third-order valence-electron chi connectivity index (χ3n) is 3.77. The molecule has 1 aliphatic heterocycles. The maximum absolute atomic E-state index is 12.3. The molecule has 2 rings (SSSR count). The van der Waals surface area contributed by atoms with Crippen molar-refractivity contribution in [3.05, 3.63) is 35.9 Å². The summed E-state index contributed by atoms with van der Waals surface area (Å²) in [5, 5.41) is 9.36. The molecule has 0 spiro atoms. The Bertz CT molecular complexity index is 535. The fraction of sp³-hybridized carbons (Fsp3) is 0.529. The van der Waals surface area contributed by atoms with E-state index in [0.717, 1.165) is 12.0 Å². The van der Waals surface area contributed by atoms with E-state index in [4.69, 9.17) is 4.74 Å². The van der Waals surface area contributed by atoms with Crippen molar-refractivity contribution in [2.45, 2.75) is 51.2 Å². The van der Waals surface area contributed by atoms with Crippen LogP contribution in [0.25, 0.3) is 0 Å². The van der Waals surface area contributed by atoms with Gasteiger partial charge in [0.15, 0.2) is 0 Å². The molecule has 22 heavy (non-hydrogen) atoms. The van der Waals surface area contributed by atoms with Crippen molar-refractivity contribution in [2.75, 3.05) is 6.54 Å². The highest BCUT2D eigenvalue weighted by molar-refractivity contribution is 5.80. The molecule has 1 aliphatic rings. The van der Waals surface area contributed by atoms with Crippen LogP contribution in [-0.4, -0.2) is 40.3 Å². The lowest BCUT2D eigenvalue weighted by Crippen LogP contribution is -2.51. The van der Waals surface area contributed by atoms with Gasteiger partial charge in [0.1, 0.15) is 11.6 Å². The number of ether oxygens (including phenoxy) is 1. The number of nitrogens with zero attached hydrogens (tertiary/aromatic N) is 1. The van der Waals surface area contributed by atoms with E-state index in [-0.39, 0.29) is 5.92 Å². The van der Waals surface area contributed by atoms with Crippen molar-refractivity contribution in [2.24, 2.45) is 0 Å². The molecule has 0 aliphatic carbocycles. The molecule has 5 heteroatoms. The normalized spacial score (nSPS) is 22.2. The van der Waals surface area contributed by atoms with E-state index >= 15 is 0 Å². The summed E-state index contributed by atoms with van der Waals surface area (Å²) in [5.41, 5.74) is 0.486. The molecule has 1 saturated heterocycles. The first-order valence-corrected chi connectivity index (χ1v) is 7.55. The van der Waals surface area contributed by atoms with Crippen LogP contribution in [-0.2, 0) is 9.53 Å². The van der Waals surface area contributed by atoms with Crippen molar-refractivity contribution >= 4 is 12.1 Å². The largest absolute Gasteiger partial charge is 0.480 e. The molecule has 120 valence electrons. The molecule has 1 aromatic rings. The minimum Gasteiger partial charge on any atom is -0.480 e. The number of carboxylic acids is 1. The lowest BCUT2D eigenvalue weighted by Gasteiger charge is -2.38. The van der Waals surface area contributed by atoms with Gasteiger partial charge in [-0.15, -0.1) is 0 Å². The van der Waals surface area contributed by atoms with Crippen molar-refractivity contribution in [1.29, 1.82) is 0 Å². The number of likely N-dealkylation sites (tertiary alicyclic amines) is 1. The van der Waals surface area contributed by atoms with Gasteiger partial charge in [0, 0.05) is 12.5 Å². The van der Waals surface area contributed by atoms with Crippen LogP contribution in [0.2, 0.25) is 0 Å². The van der Waals surface area contributed by atoms with E-state index in [0.29, 0.717) is 13.0 Å². The summed E-state index contributed by atoms with van der Waals surface area (Å²) in [5.74, 6) is -0.832. The minimum absolute atomic E-state index is 0.143. The van der Waals surface area contributed by atoms with Gasteiger partial charge in [-0.05, 0) is 39.2 Å². The quantitative estimate of drug-likeness (QED) is 0.910. The lowest BCUT2D eigenvalue weighted by atomic mass is 9.87. The van der Waals surface area contributed by atoms with E-state index in [1.54, 1.807) is 20.8 Å². The smallest absolute Gasteiger partial charge is 0.411 e. The molecular weight excluding hydrogens is 282 g/mol. The number of hydrogen-bond acceptors (Lipinski definition) is 3. The Balaban J connectivity index is 2.17. The Morgan fingerprint density at radius 2 is 1.82 bits per heavy atom. The minimum atomic E-state index is -0.975. The predicted molar refractivity (Wildman–Crippen MR) is 82.8 cm³/mol. The first kappa shape index (κ1) is 16.3. The summed E-state index contributed by atoms with van der Waals surface area (Å²) in [6.07, 6.45) is 0.634. The van der Waals surface area contributed by atoms with Gasteiger partial charge < -0.3 is 9.84 Å². The van der Waals surface area contributed by atoms with Crippen LogP contribution < -0.4 is 0 Å². The maximum atomic E-state index is 12.3. The molecule has 0 radical (unpaired) electrons. The second-order valence-corrected chi connectivity index (χ2v) is 6.67. The van der Waals surface area contributed by atoms with Crippen molar-refractivity contribution in [3.8, 4) is 0 Å². The Morgan fingerprint density at radius 1 is 1.18 bits per heavy atom. The van der Waals surface area contributed by atoms with Crippen molar-refractivity contribution in [1.82, 2.24) is 4.90 Å². The molecular formula is C17H23NO4. The fourth-order valence-electron chi connectivity index (χ4n) is 2.75. The number of hydrogen-bond donors (Lipinski definition) is 1. The number of carbonyl (C=O) groups excluding carboxylic acids is 1. The number of rotatable bonds is 2. The summed E-state index contributed by atoms with van der Waals surface area (Å²) in [7, 11) is 0. The predicted octanol–water partition coefficient (Wildman–Crippen LogP) is 3.25. The third-order valence-corrected chi connectivity index (χ3v) is 3.77. The van der Waals surface area contributed by atoms with Crippen LogP contribution in [0.1, 0.15) is 45.1 Å². The molecule has 1 amide bonds. The fourth-order valence-corrected chi connectivity index (χ4v) is 2.75. The van der Waals surface area contributed by atoms with Gasteiger partial charge in [-0.2, -0.15) is 0 Å². The van der Waals surface area contributed by atoms with E-state index in [1.807, 2.05) is 30.3 Å². The summed E-state index contributed by atoms with van der Waals surface area (Å²) in [4.78, 5) is 25.1. The van der Waals surface area contributed by atoms with Crippen LogP contribution in [0.15, 0.2) is 30.3 Å². The van der Waals surface area contributed by atoms with Gasteiger partial charge in [0.2, 0.25) is 0 Å². The summed E-state index contributed by atoms with van der Waals surface area (Å²) in [6, 6.07) is 9.07. The Labute approximate surface area is 130 Å². The van der Waals surface area contributed by atoms with Crippen LogP contribution in [0.5, 0.6) is 0 Å². The first-order valence-electron chi connectivity index (χ1n) is 7.55. The molecule has 0 bridgehead atoms. The highest BCUT2D eigenvalue weighted by Gasteiger charge is 2.38. The SMILES string of the molecule is CC(C)(C)OC(=O)N1C[C@@H](c2ccccc2)CC[C@@H]1C(=O)O. The lowest BCUT2D eigenvalue weighted by molar-refractivity contribution is -0.144. The number of piperidine rings is 1. The standard InChI is InChI=1S/C17H23NO4/c1-17(2,3)22-16(21)18-11-13(9-10-14(18)15(19)20)12-7-5-4-6-8-12/h4-8,13-14H,9-11H2,1-3H3,(H,19,20)/t13-,14+/m0/s1. The molecule has 0 unspecified atom stereocenters. The second-order valence-electron chi connectivity index (χ2n) is 6.67. The van der Waals surface area contributed by atoms with Crippen LogP contribution in [0, 0.1) is 0 Å². The molecule has 1 aromatic carbocycles. The summed E-state index contributed by atoms with van der Waals surface area (Å²) < 4.78 is 5.37. The second kappa shape index (κ2) is 6.38.